The maximum Gasteiger partial charge on any atom is 0.149 e. The van der Waals surface area contributed by atoms with Gasteiger partial charge in [-0.15, -0.1) is 0 Å². The van der Waals surface area contributed by atoms with Crippen molar-refractivity contribution in [1.29, 1.82) is 0 Å². The molecular formula is C11H18N4S. The molecule has 0 aliphatic carbocycles. The van der Waals surface area contributed by atoms with E-state index < -0.39 is 0 Å². The Kier molecular flexibility index (Phi) is 3.77. The third-order valence-electron chi connectivity index (χ3n) is 2.74. The number of aromatic nitrogens is 1. The van der Waals surface area contributed by atoms with Gasteiger partial charge in [0.2, 0.25) is 0 Å². The summed E-state index contributed by atoms with van der Waals surface area (Å²) in [5.41, 5.74) is 11.8. The van der Waals surface area contributed by atoms with Gasteiger partial charge in [-0.25, -0.2) is 4.98 Å². The number of nitrogens with two attached hydrogens (primary N) is 2. The molecule has 1 unspecified atom stereocenters. The molecule has 5 heteroatoms. The number of anilines is 3. The second kappa shape index (κ2) is 5.30. The average Bonchev–Trinajstić information content (AvgIpc) is 2.32. The van der Waals surface area contributed by atoms with Crippen molar-refractivity contribution in [2.75, 3.05) is 29.1 Å². The molecule has 88 valence electrons. The number of pyridine rings is 1. The molecule has 0 amide bonds. The van der Waals surface area contributed by atoms with Crippen LogP contribution in [0.15, 0.2) is 12.1 Å². The molecule has 1 aliphatic rings. The molecule has 0 spiro atoms. The van der Waals surface area contributed by atoms with E-state index in [-0.39, 0.29) is 0 Å². The fourth-order valence-corrected chi connectivity index (χ4v) is 3.01. The lowest BCUT2D eigenvalue weighted by atomic mass is 10.2. The summed E-state index contributed by atoms with van der Waals surface area (Å²) in [5, 5.41) is 4.02. The summed E-state index contributed by atoms with van der Waals surface area (Å²) in [6.45, 7) is 0.959. The van der Waals surface area contributed by atoms with Crippen LogP contribution in [0.4, 0.5) is 17.3 Å². The van der Waals surface area contributed by atoms with E-state index in [2.05, 4.69) is 10.3 Å². The Balaban J connectivity index is 1.86. The van der Waals surface area contributed by atoms with Crippen LogP contribution in [-0.2, 0) is 0 Å². The summed E-state index contributed by atoms with van der Waals surface area (Å²) >= 11 is 2.04. The lowest BCUT2D eigenvalue weighted by Gasteiger charge is -2.21. The molecule has 1 fully saturated rings. The number of thioether (sulfide) groups is 1. The molecule has 1 aromatic rings. The van der Waals surface area contributed by atoms with Gasteiger partial charge in [-0.05, 0) is 30.7 Å². The molecule has 5 N–H and O–H groups in total. The number of hydrogen-bond acceptors (Lipinski definition) is 5. The predicted molar refractivity (Wildman–Crippen MR) is 71.6 cm³/mol. The fraction of sp³-hybridized carbons (Fsp3) is 0.545. The van der Waals surface area contributed by atoms with Crippen LogP contribution in [0.2, 0.25) is 0 Å². The van der Waals surface area contributed by atoms with Crippen molar-refractivity contribution in [3.05, 3.63) is 12.1 Å². The molecule has 16 heavy (non-hydrogen) atoms. The Hall–Kier alpha value is -1.10. The van der Waals surface area contributed by atoms with E-state index in [9.17, 15) is 0 Å². The minimum absolute atomic E-state index is 0.404. The Labute approximate surface area is 100 Å². The van der Waals surface area contributed by atoms with Gasteiger partial charge in [0.05, 0.1) is 5.69 Å². The standard InChI is InChI=1S/C11H18N4S/c12-9-4-5-10(15-11(9)13)14-7-8-3-1-2-6-16-8/h4-5,8H,1-3,6-7,12H2,(H3,13,14,15). The van der Waals surface area contributed by atoms with E-state index in [1.165, 1.54) is 25.0 Å². The van der Waals surface area contributed by atoms with E-state index >= 15 is 0 Å². The molecule has 1 atom stereocenters. The Morgan fingerprint density at radius 2 is 2.25 bits per heavy atom. The Morgan fingerprint density at radius 3 is 2.94 bits per heavy atom. The van der Waals surface area contributed by atoms with E-state index in [0.717, 1.165) is 12.4 Å². The van der Waals surface area contributed by atoms with Gasteiger partial charge in [0.25, 0.3) is 0 Å². The summed E-state index contributed by atoms with van der Waals surface area (Å²) in [6, 6.07) is 3.66. The van der Waals surface area contributed by atoms with E-state index in [4.69, 9.17) is 11.5 Å². The zero-order chi connectivity index (χ0) is 11.4. The first-order valence-electron chi connectivity index (χ1n) is 5.63. The molecule has 2 rings (SSSR count). The number of rotatable bonds is 3. The highest BCUT2D eigenvalue weighted by Gasteiger charge is 2.13. The lowest BCUT2D eigenvalue weighted by molar-refractivity contribution is 0.677. The van der Waals surface area contributed by atoms with Crippen LogP contribution in [0, 0.1) is 0 Å². The lowest BCUT2D eigenvalue weighted by Crippen LogP contribution is -2.20. The van der Waals surface area contributed by atoms with Gasteiger partial charge in [0.1, 0.15) is 11.6 Å². The average molecular weight is 238 g/mol. The first-order valence-corrected chi connectivity index (χ1v) is 6.68. The third kappa shape index (κ3) is 2.95. The monoisotopic (exact) mass is 238 g/mol. The van der Waals surface area contributed by atoms with Crippen LogP contribution in [0.3, 0.4) is 0 Å². The van der Waals surface area contributed by atoms with E-state index in [1.807, 2.05) is 17.8 Å². The van der Waals surface area contributed by atoms with Crippen LogP contribution in [-0.4, -0.2) is 22.5 Å². The molecule has 0 aromatic carbocycles. The summed E-state index contributed by atoms with van der Waals surface area (Å²) in [5.74, 6) is 2.50. The van der Waals surface area contributed by atoms with Gasteiger partial charge < -0.3 is 16.8 Å². The SMILES string of the molecule is Nc1ccc(NCC2CCCCS2)nc1N. The van der Waals surface area contributed by atoms with Crippen molar-refractivity contribution < 1.29 is 0 Å². The van der Waals surface area contributed by atoms with Crippen LogP contribution < -0.4 is 16.8 Å². The maximum absolute atomic E-state index is 5.65. The van der Waals surface area contributed by atoms with Crippen molar-refractivity contribution in [3.63, 3.8) is 0 Å². The van der Waals surface area contributed by atoms with Crippen LogP contribution in [0.1, 0.15) is 19.3 Å². The minimum atomic E-state index is 0.404. The normalized spacial score (nSPS) is 20.6. The molecule has 0 bridgehead atoms. The van der Waals surface area contributed by atoms with Gasteiger partial charge in [0.15, 0.2) is 0 Å². The zero-order valence-corrected chi connectivity index (χ0v) is 10.1. The Bertz CT molecular complexity index is 350. The fourth-order valence-electron chi connectivity index (χ4n) is 1.77. The highest BCUT2D eigenvalue weighted by atomic mass is 32.2. The van der Waals surface area contributed by atoms with Gasteiger partial charge in [-0.1, -0.05) is 6.42 Å². The van der Waals surface area contributed by atoms with Crippen LogP contribution in [0.5, 0.6) is 0 Å². The van der Waals surface area contributed by atoms with E-state index in [1.54, 1.807) is 6.07 Å². The van der Waals surface area contributed by atoms with Crippen molar-refractivity contribution in [1.82, 2.24) is 4.98 Å². The summed E-state index contributed by atoms with van der Waals surface area (Å²) in [7, 11) is 0. The second-order valence-electron chi connectivity index (χ2n) is 4.04. The smallest absolute Gasteiger partial charge is 0.149 e. The molecule has 0 saturated carbocycles. The van der Waals surface area contributed by atoms with Crippen molar-refractivity contribution >= 4 is 29.1 Å². The van der Waals surface area contributed by atoms with Crippen LogP contribution >= 0.6 is 11.8 Å². The zero-order valence-electron chi connectivity index (χ0n) is 9.28. The topological polar surface area (TPSA) is 77.0 Å². The van der Waals surface area contributed by atoms with Crippen molar-refractivity contribution in [2.24, 2.45) is 0 Å². The van der Waals surface area contributed by atoms with E-state index in [0.29, 0.717) is 16.8 Å². The largest absolute Gasteiger partial charge is 0.396 e. The molecule has 4 nitrogen and oxygen atoms in total. The first kappa shape index (κ1) is 11.4. The minimum Gasteiger partial charge on any atom is -0.396 e. The summed E-state index contributed by atoms with van der Waals surface area (Å²) < 4.78 is 0. The van der Waals surface area contributed by atoms with Gasteiger partial charge in [-0.2, -0.15) is 11.8 Å². The highest BCUT2D eigenvalue weighted by molar-refractivity contribution is 7.99. The predicted octanol–water partition coefficient (Wildman–Crippen LogP) is 1.94. The Morgan fingerprint density at radius 1 is 1.38 bits per heavy atom. The third-order valence-corrected chi connectivity index (χ3v) is 4.14. The molecular weight excluding hydrogens is 220 g/mol. The summed E-state index contributed by atoms with van der Waals surface area (Å²) in [6.07, 6.45) is 3.99. The van der Waals surface area contributed by atoms with Crippen LogP contribution in [0.25, 0.3) is 0 Å². The first-order chi connectivity index (χ1) is 7.75. The maximum atomic E-state index is 5.65. The van der Waals surface area contributed by atoms with Gasteiger partial charge in [-0.3, -0.25) is 0 Å². The second-order valence-corrected chi connectivity index (χ2v) is 5.45. The van der Waals surface area contributed by atoms with Gasteiger partial charge in [0, 0.05) is 11.8 Å². The van der Waals surface area contributed by atoms with Gasteiger partial charge >= 0.3 is 0 Å². The number of nitrogens with one attached hydrogen (secondary N) is 1. The molecule has 1 saturated heterocycles. The number of nitrogen functional groups attached to an aromatic ring is 2. The highest BCUT2D eigenvalue weighted by Crippen LogP contribution is 2.25. The number of hydrogen-bond donors (Lipinski definition) is 3. The van der Waals surface area contributed by atoms with Crippen molar-refractivity contribution in [2.45, 2.75) is 24.5 Å². The molecule has 2 heterocycles. The molecule has 1 aromatic heterocycles. The van der Waals surface area contributed by atoms with Crippen molar-refractivity contribution in [3.8, 4) is 0 Å². The quantitative estimate of drug-likeness (QED) is 0.750. The summed E-state index contributed by atoms with van der Waals surface area (Å²) in [4.78, 5) is 4.19. The number of nitrogens with zero attached hydrogens (tertiary/aromatic N) is 1. The molecule has 0 radical (unpaired) electrons. The molecule has 1 aliphatic heterocycles.